The monoisotopic (exact) mass is 330 g/mol. The second-order valence-corrected chi connectivity index (χ2v) is 8.26. The number of hydrogen-bond acceptors (Lipinski definition) is 3. The van der Waals surface area contributed by atoms with Gasteiger partial charge in [0.1, 0.15) is 4.90 Å². The molecule has 1 aromatic rings. The second kappa shape index (κ2) is 6.55. The largest absolute Gasteiger partial charge is 0.398 e. The van der Waals surface area contributed by atoms with Crippen molar-refractivity contribution in [2.75, 3.05) is 12.3 Å². The third-order valence-electron chi connectivity index (χ3n) is 4.31. The number of halogens is 1. The SMILES string of the molecule is Cc1cc(Cl)c(S(=O)(=O)NCC2CCC(C)CC2)cc1N. The molecule has 0 bridgehead atoms. The van der Waals surface area contributed by atoms with E-state index in [4.69, 9.17) is 17.3 Å². The third kappa shape index (κ3) is 4.11. The minimum absolute atomic E-state index is 0.0662. The lowest BCUT2D eigenvalue weighted by atomic mass is 9.83. The van der Waals surface area contributed by atoms with E-state index in [0.717, 1.165) is 24.3 Å². The van der Waals surface area contributed by atoms with Crippen LogP contribution in [0.4, 0.5) is 5.69 Å². The van der Waals surface area contributed by atoms with Crippen LogP contribution in [0.2, 0.25) is 5.02 Å². The van der Waals surface area contributed by atoms with Crippen LogP contribution in [0, 0.1) is 18.8 Å². The Labute approximate surface area is 132 Å². The molecule has 0 radical (unpaired) electrons. The van der Waals surface area contributed by atoms with Gasteiger partial charge in [0.15, 0.2) is 0 Å². The van der Waals surface area contributed by atoms with Crippen molar-refractivity contribution in [3.63, 3.8) is 0 Å². The molecule has 0 saturated heterocycles. The van der Waals surface area contributed by atoms with Crippen molar-refractivity contribution in [3.05, 3.63) is 22.7 Å². The van der Waals surface area contributed by atoms with Crippen LogP contribution in [0.5, 0.6) is 0 Å². The molecule has 1 aromatic carbocycles. The Hall–Kier alpha value is -0.780. The summed E-state index contributed by atoms with van der Waals surface area (Å²) in [6.45, 7) is 4.52. The predicted molar refractivity (Wildman–Crippen MR) is 86.9 cm³/mol. The molecule has 1 fully saturated rings. The molecule has 3 N–H and O–H groups in total. The van der Waals surface area contributed by atoms with Gasteiger partial charge in [0.2, 0.25) is 10.0 Å². The average molecular weight is 331 g/mol. The molecule has 4 nitrogen and oxygen atoms in total. The van der Waals surface area contributed by atoms with Gasteiger partial charge in [0.25, 0.3) is 0 Å². The van der Waals surface area contributed by atoms with Crippen LogP contribution in [0.25, 0.3) is 0 Å². The Morgan fingerprint density at radius 2 is 1.90 bits per heavy atom. The van der Waals surface area contributed by atoms with Gasteiger partial charge in [-0.1, -0.05) is 31.4 Å². The van der Waals surface area contributed by atoms with Gasteiger partial charge in [0.05, 0.1) is 5.02 Å². The molecule has 118 valence electrons. The molecule has 0 unspecified atom stereocenters. The Bertz CT molecular complexity index is 608. The molecule has 0 spiro atoms. The molecule has 1 saturated carbocycles. The van der Waals surface area contributed by atoms with Crippen molar-refractivity contribution >= 4 is 27.3 Å². The standard InChI is InChI=1S/C15H23ClN2O2S/c1-10-3-5-12(6-4-10)9-18-21(19,20)15-8-14(17)11(2)7-13(15)16/h7-8,10,12,18H,3-6,9,17H2,1-2H3. The van der Waals surface area contributed by atoms with Crippen LogP contribution in [0.1, 0.15) is 38.2 Å². The van der Waals surface area contributed by atoms with E-state index < -0.39 is 10.0 Å². The molecule has 0 amide bonds. The summed E-state index contributed by atoms with van der Waals surface area (Å²) < 4.78 is 27.4. The summed E-state index contributed by atoms with van der Waals surface area (Å²) in [5.74, 6) is 1.17. The lowest BCUT2D eigenvalue weighted by Crippen LogP contribution is -2.31. The van der Waals surface area contributed by atoms with E-state index in [1.165, 1.54) is 18.9 Å². The summed E-state index contributed by atoms with van der Waals surface area (Å²) in [5.41, 5.74) is 7.00. The van der Waals surface area contributed by atoms with E-state index in [1.807, 2.05) is 0 Å². The van der Waals surface area contributed by atoms with Crippen molar-refractivity contribution in [1.82, 2.24) is 4.72 Å². The summed E-state index contributed by atoms with van der Waals surface area (Å²) in [5, 5.41) is 0.214. The average Bonchev–Trinajstić information content (AvgIpc) is 2.42. The van der Waals surface area contributed by atoms with Gasteiger partial charge >= 0.3 is 0 Å². The minimum atomic E-state index is -3.61. The molecule has 0 atom stereocenters. The topological polar surface area (TPSA) is 72.2 Å². The summed E-state index contributed by atoms with van der Waals surface area (Å²) in [7, 11) is -3.61. The second-order valence-electron chi connectivity index (χ2n) is 6.12. The Kier molecular flexibility index (Phi) is 5.17. The summed E-state index contributed by atoms with van der Waals surface area (Å²) in [6, 6.07) is 3.02. The van der Waals surface area contributed by atoms with E-state index in [-0.39, 0.29) is 9.92 Å². The van der Waals surface area contributed by atoms with Gasteiger partial charge in [-0.3, -0.25) is 0 Å². The molecule has 6 heteroatoms. The molecular weight excluding hydrogens is 308 g/mol. The van der Waals surface area contributed by atoms with Crippen LogP contribution in [-0.4, -0.2) is 15.0 Å². The highest BCUT2D eigenvalue weighted by molar-refractivity contribution is 7.89. The molecule has 1 aliphatic rings. The van der Waals surface area contributed by atoms with Crippen molar-refractivity contribution in [1.29, 1.82) is 0 Å². The number of sulfonamides is 1. The molecule has 0 aliphatic heterocycles. The van der Waals surface area contributed by atoms with Crippen molar-refractivity contribution < 1.29 is 8.42 Å². The summed E-state index contributed by atoms with van der Waals surface area (Å²) in [6.07, 6.45) is 4.50. The van der Waals surface area contributed by atoms with Crippen LogP contribution in [0.15, 0.2) is 17.0 Å². The van der Waals surface area contributed by atoms with E-state index >= 15 is 0 Å². The Morgan fingerprint density at radius 1 is 1.29 bits per heavy atom. The van der Waals surface area contributed by atoms with Gasteiger partial charge in [-0.2, -0.15) is 0 Å². The van der Waals surface area contributed by atoms with Crippen LogP contribution in [-0.2, 0) is 10.0 Å². The highest BCUT2D eigenvalue weighted by Crippen LogP contribution is 2.29. The van der Waals surface area contributed by atoms with E-state index in [0.29, 0.717) is 18.2 Å². The first-order valence-electron chi connectivity index (χ1n) is 7.35. The number of nitrogens with one attached hydrogen (secondary N) is 1. The molecule has 21 heavy (non-hydrogen) atoms. The lowest BCUT2D eigenvalue weighted by Gasteiger charge is -2.26. The van der Waals surface area contributed by atoms with E-state index in [1.54, 1.807) is 13.0 Å². The zero-order valence-corrected chi connectivity index (χ0v) is 14.1. The maximum Gasteiger partial charge on any atom is 0.242 e. The van der Waals surface area contributed by atoms with Gasteiger partial charge in [-0.15, -0.1) is 0 Å². The first-order valence-corrected chi connectivity index (χ1v) is 9.21. The maximum absolute atomic E-state index is 12.4. The van der Waals surface area contributed by atoms with Gasteiger partial charge < -0.3 is 5.73 Å². The van der Waals surface area contributed by atoms with Crippen molar-refractivity contribution in [3.8, 4) is 0 Å². The summed E-state index contributed by atoms with van der Waals surface area (Å²) >= 11 is 6.05. The Morgan fingerprint density at radius 3 is 2.52 bits per heavy atom. The first kappa shape index (κ1) is 16.6. The fourth-order valence-corrected chi connectivity index (χ4v) is 4.44. The highest BCUT2D eigenvalue weighted by atomic mass is 35.5. The van der Waals surface area contributed by atoms with Gasteiger partial charge in [-0.05, 0) is 49.3 Å². The number of aryl methyl sites for hydroxylation is 1. The number of rotatable bonds is 4. The van der Waals surface area contributed by atoms with Crippen molar-refractivity contribution in [2.24, 2.45) is 11.8 Å². The fourth-order valence-electron chi connectivity index (χ4n) is 2.71. The molecule has 2 rings (SSSR count). The molecule has 0 aromatic heterocycles. The normalized spacial score (nSPS) is 23.2. The van der Waals surface area contributed by atoms with Crippen LogP contribution < -0.4 is 10.5 Å². The highest BCUT2D eigenvalue weighted by Gasteiger charge is 2.23. The number of nitrogens with two attached hydrogens (primary N) is 1. The molecule has 1 aliphatic carbocycles. The fraction of sp³-hybridized carbons (Fsp3) is 0.600. The van der Waals surface area contributed by atoms with E-state index in [2.05, 4.69) is 11.6 Å². The first-order chi connectivity index (χ1) is 9.79. The maximum atomic E-state index is 12.4. The van der Waals surface area contributed by atoms with Crippen LogP contribution in [0.3, 0.4) is 0 Å². The lowest BCUT2D eigenvalue weighted by molar-refractivity contribution is 0.290. The zero-order chi connectivity index (χ0) is 15.6. The zero-order valence-electron chi connectivity index (χ0n) is 12.5. The van der Waals surface area contributed by atoms with Gasteiger partial charge in [-0.25, -0.2) is 13.1 Å². The number of anilines is 1. The number of hydrogen-bond donors (Lipinski definition) is 2. The predicted octanol–water partition coefficient (Wildman–Crippen LogP) is 3.34. The quantitative estimate of drug-likeness (QED) is 0.832. The Balaban J connectivity index is 2.07. The van der Waals surface area contributed by atoms with Crippen LogP contribution >= 0.6 is 11.6 Å². The molecular formula is C15H23ClN2O2S. The summed E-state index contributed by atoms with van der Waals surface area (Å²) in [4.78, 5) is 0.0662. The van der Waals surface area contributed by atoms with Crippen molar-refractivity contribution in [2.45, 2.75) is 44.4 Å². The van der Waals surface area contributed by atoms with Gasteiger partial charge in [0, 0.05) is 12.2 Å². The molecule has 0 heterocycles. The smallest absolute Gasteiger partial charge is 0.242 e. The van der Waals surface area contributed by atoms with E-state index in [9.17, 15) is 8.42 Å². The minimum Gasteiger partial charge on any atom is -0.398 e. The number of nitrogen functional groups attached to an aromatic ring is 1. The third-order valence-corrected chi connectivity index (χ3v) is 6.20. The number of benzene rings is 1.